The highest BCUT2D eigenvalue weighted by atomic mass is 14.9. The van der Waals surface area contributed by atoms with Crippen molar-refractivity contribution in [3.63, 3.8) is 0 Å². The second-order valence-electron chi connectivity index (χ2n) is 3.24. The van der Waals surface area contributed by atoms with Crippen molar-refractivity contribution in [2.24, 2.45) is 0 Å². The maximum atomic E-state index is 3.97. The Kier molecular flexibility index (Phi) is 3.99. The minimum Gasteiger partial charge on any atom is -0.385 e. The van der Waals surface area contributed by atoms with Gasteiger partial charge in [-0.05, 0) is 30.6 Å². The van der Waals surface area contributed by atoms with Crippen molar-refractivity contribution in [3.8, 4) is 0 Å². The Balaban J connectivity index is 2.59. The predicted octanol–water partition coefficient (Wildman–Crippen LogP) is 3.11. The lowest BCUT2D eigenvalue weighted by Gasteiger charge is -2.08. The second kappa shape index (κ2) is 5.28. The largest absolute Gasteiger partial charge is 0.385 e. The third kappa shape index (κ3) is 3.09. The fourth-order valence-electron chi connectivity index (χ4n) is 1.27. The van der Waals surface area contributed by atoms with E-state index in [1.807, 2.05) is 6.08 Å². The minimum atomic E-state index is 0.886. The molecule has 0 saturated carbocycles. The molecular weight excluding hydrogens is 170 g/mol. The van der Waals surface area contributed by atoms with Gasteiger partial charge in [-0.25, -0.2) is 0 Å². The van der Waals surface area contributed by atoms with E-state index in [4.69, 9.17) is 0 Å². The second-order valence-corrected chi connectivity index (χ2v) is 3.24. The van der Waals surface area contributed by atoms with E-state index in [-0.39, 0.29) is 0 Å². The molecule has 1 aliphatic rings. The third-order valence-electron chi connectivity index (χ3n) is 2.05. The fourth-order valence-corrected chi connectivity index (χ4v) is 1.27. The molecule has 1 aliphatic carbocycles. The Hall–Kier alpha value is -1.50. The van der Waals surface area contributed by atoms with Crippen molar-refractivity contribution in [2.45, 2.75) is 13.3 Å². The molecule has 0 saturated heterocycles. The summed E-state index contributed by atoms with van der Waals surface area (Å²) in [6.07, 6.45) is 11.4. The first-order valence-electron chi connectivity index (χ1n) is 4.90. The maximum absolute atomic E-state index is 3.97. The molecule has 14 heavy (non-hydrogen) atoms. The van der Waals surface area contributed by atoms with Gasteiger partial charge in [-0.1, -0.05) is 37.5 Å². The van der Waals surface area contributed by atoms with Crippen LogP contribution in [0, 0.1) is 0 Å². The van der Waals surface area contributed by atoms with E-state index >= 15 is 0 Å². The van der Waals surface area contributed by atoms with Crippen LogP contribution >= 0.6 is 0 Å². The number of hydrogen-bond acceptors (Lipinski definition) is 1. The molecule has 0 spiro atoms. The van der Waals surface area contributed by atoms with Gasteiger partial charge in [0.25, 0.3) is 0 Å². The van der Waals surface area contributed by atoms with Gasteiger partial charge in [0.15, 0.2) is 0 Å². The molecule has 0 bridgehead atoms. The number of likely N-dealkylation sites (N-methyl/N-ethyl adjacent to an activating group) is 1. The Morgan fingerprint density at radius 3 is 2.86 bits per heavy atom. The molecule has 1 rings (SSSR count). The molecule has 1 N–H and O–H groups in total. The zero-order chi connectivity index (χ0) is 10.4. The quantitative estimate of drug-likeness (QED) is 0.667. The predicted molar refractivity (Wildman–Crippen MR) is 62.9 cm³/mol. The van der Waals surface area contributed by atoms with Crippen LogP contribution in [-0.2, 0) is 0 Å². The number of rotatable bonds is 4. The molecule has 0 fully saturated rings. The maximum Gasteiger partial charge on any atom is 0.0334 e. The van der Waals surface area contributed by atoms with Crippen LogP contribution in [0.4, 0.5) is 0 Å². The average Bonchev–Trinajstić information content (AvgIpc) is 2.19. The van der Waals surface area contributed by atoms with Crippen LogP contribution in [0.15, 0.2) is 60.4 Å². The zero-order valence-electron chi connectivity index (χ0n) is 8.72. The van der Waals surface area contributed by atoms with Gasteiger partial charge in [0.1, 0.15) is 0 Å². The molecule has 0 unspecified atom stereocenters. The lowest BCUT2D eigenvalue weighted by Crippen LogP contribution is -2.11. The summed E-state index contributed by atoms with van der Waals surface area (Å²) >= 11 is 0. The van der Waals surface area contributed by atoms with Gasteiger partial charge in [0.05, 0.1) is 0 Å². The van der Waals surface area contributed by atoms with Crippen molar-refractivity contribution >= 4 is 0 Å². The molecule has 1 heteroatoms. The van der Waals surface area contributed by atoms with E-state index in [2.05, 4.69) is 49.7 Å². The summed E-state index contributed by atoms with van der Waals surface area (Å²) in [5, 5.41) is 3.15. The van der Waals surface area contributed by atoms with E-state index in [1.165, 1.54) is 5.57 Å². The highest BCUT2D eigenvalue weighted by Crippen LogP contribution is 2.14. The van der Waals surface area contributed by atoms with Crippen molar-refractivity contribution < 1.29 is 0 Å². The third-order valence-corrected chi connectivity index (χ3v) is 2.05. The minimum absolute atomic E-state index is 0.886. The zero-order valence-corrected chi connectivity index (χ0v) is 8.72. The van der Waals surface area contributed by atoms with Crippen molar-refractivity contribution in [2.75, 3.05) is 6.54 Å². The lowest BCUT2D eigenvalue weighted by atomic mass is 10.0. The Labute approximate surface area is 86.2 Å². The summed E-state index contributed by atoms with van der Waals surface area (Å²) in [6, 6.07) is 0. The van der Waals surface area contributed by atoms with Crippen molar-refractivity contribution in [1.29, 1.82) is 0 Å². The Bertz CT molecular complexity index is 316. The first kappa shape index (κ1) is 10.6. The molecule has 74 valence electrons. The van der Waals surface area contributed by atoms with Crippen LogP contribution in [0.1, 0.15) is 13.3 Å². The van der Waals surface area contributed by atoms with Crippen LogP contribution in [0.3, 0.4) is 0 Å². The molecule has 1 nitrogen and oxygen atoms in total. The van der Waals surface area contributed by atoms with E-state index < -0.39 is 0 Å². The summed E-state index contributed by atoms with van der Waals surface area (Å²) in [5.41, 5.74) is 3.14. The monoisotopic (exact) mass is 187 g/mol. The summed E-state index contributed by atoms with van der Waals surface area (Å²) in [5.74, 6) is 0. The highest BCUT2D eigenvalue weighted by molar-refractivity contribution is 5.41. The number of allylic oxidation sites excluding steroid dienone is 6. The SMILES string of the molecule is C=C(/C=C1/C=CC=CC1)C(=C)NCC. The van der Waals surface area contributed by atoms with Gasteiger partial charge in [0.2, 0.25) is 0 Å². The summed E-state index contributed by atoms with van der Waals surface area (Å²) in [6.45, 7) is 10.8. The van der Waals surface area contributed by atoms with Gasteiger partial charge in [-0.2, -0.15) is 0 Å². The van der Waals surface area contributed by atoms with E-state index in [9.17, 15) is 0 Å². The van der Waals surface area contributed by atoms with Crippen molar-refractivity contribution in [3.05, 3.63) is 60.4 Å². The lowest BCUT2D eigenvalue weighted by molar-refractivity contribution is 0.873. The summed E-state index contributed by atoms with van der Waals surface area (Å²) in [4.78, 5) is 0. The molecule has 0 atom stereocenters. The van der Waals surface area contributed by atoms with Crippen LogP contribution in [0.5, 0.6) is 0 Å². The normalized spacial score (nSPS) is 17.1. The molecule has 0 aromatic heterocycles. The smallest absolute Gasteiger partial charge is 0.0334 e. The fraction of sp³-hybridized carbons (Fsp3) is 0.231. The standard InChI is InChI=1S/C13H17N/c1-4-14-12(3)11(2)10-13-8-6-5-7-9-13/h5-8,10,14H,2-4,9H2,1H3/b13-10-. The van der Waals surface area contributed by atoms with Crippen LogP contribution in [0.2, 0.25) is 0 Å². The Morgan fingerprint density at radius 2 is 2.29 bits per heavy atom. The van der Waals surface area contributed by atoms with Gasteiger partial charge in [-0.15, -0.1) is 0 Å². The van der Waals surface area contributed by atoms with E-state index in [0.717, 1.165) is 24.2 Å². The van der Waals surface area contributed by atoms with Crippen LogP contribution in [-0.4, -0.2) is 6.54 Å². The van der Waals surface area contributed by atoms with Gasteiger partial charge < -0.3 is 5.32 Å². The van der Waals surface area contributed by atoms with E-state index in [1.54, 1.807) is 0 Å². The Morgan fingerprint density at radius 1 is 1.50 bits per heavy atom. The van der Waals surface area contributed by atoms with Crippen molar-refractivity contribution in [1.82, 2.24) is 5.32 Å². The van der Waals surface area contributed by atoms with E-state index in [0.29, 0.717) is 0 Å². The molecule has 0 radical (unpaired) electrons. The first-order valence-corrected chi connectivity index (χ1v) is 4.90. The summed E-state index contributed by atoms with van der Waals surface area (Å²) < 4.78 is 0. The van der Waals surface area contributed by atoms with Gasteiger partial charge in [0, 0.05) is 12.2 Å². The highest BCUT2D eigenvalue weighted by Gasteiger charge is 1.98. The molecule has 0 aromatic carbocycles. The molecule has 0 aromatic rings. The van der Waals surface area contributed by atoms with Crippen LogP contribution < -0.4 is 5.32 Å². The molecule has 0 aliphatic heterocycles. The molecule has 0 amide bonds. The summed E-state index contributed by atoms with van der Waals surface area (Å²) in [7, 11) is 0. The van der Waals surface area contributed by atoms with Gasteiger partial charge in [-0.3, -0.25) is 0 Å². The van der Waals surface area contributed by atoms with Crippen LogP contribution in [0.25, 0.3) is 0 Å². The topological polar surface area (TPSA) is 12.0 Å². The molecule has 0 heterocycles. The number of hydrogen-bond donors (Lipinski definition) is 1. The number of nitrogens with one attached hydrogen (secondary N) is 1. The first-order chi connectivity index (χ1) is 6.74. The average molecular weight is 187 g/mol. The van der Waals surface area contributed by atoms with Gasteiger partial charge >= 0.3 is 0 Å². The molecular formula is C13H17N.